The van der Waals surface area contributed by atoms with Gasteiger partial charge < -0.3 is 39.4 Å². The van der Waals surface area contributed by atoms with E-state index in [4.69, 9.17) is 18.9 Å². The van der Waals surface area contributed by atoms with Gasteiger partial charge in [0, 0.05) is 13.0 Å². The number of carbonyl (C=O) groups is 1. The van der Waals surface area contributed by atoms with Crippen molar-refractivity contribution in [2.24, 2.45) is 0 Å². The van der Waals surface area contributed by atoms with Crippen molar-refractivity contribution in [2.75, 3.05) is 26.4 Å². The molecule has 9 heteroatoms. The van der Waals surface area contributed by atoms with Crippen molar-refractivity contribution >= 4 is 5.97 Å². The number of allylic oxidation sites excluding steroid dienone is 10. The van der Waals surface area contributed by atoms with E-state index in [1.165, 1.54) is 122 Å². The van der Waals surface area contributed by atoms with Gasteiger partial charge in [0.15, 0.2) is 6.29 Å². The van der Waals surface area contributed by atoms with Crippen LogP contribution in [-0.2, 0) is 23.7 Å². The maximum atomic E-state index is 12.9. The van der Waals surface area contributed by atoms with Gasteiger partial charge in [-0.1, -0.05) is 222 Å². The Hall–Kier alpha value is -2.11. The molecule has 9 nitrogen and oxygen atoms in total. The van der Waals surface area contributed by atoms with Gasteiger partial charge in [0.1, 0.15) is 30.5 Å². The highest BCUT2D eigenvalue weighted by Crippen LogP contribution is 2.23. The van der Waals surface area contributed by atoms with E-state index in [0.717, 1.165) is 83.5 Å². The average molecular weight is 917 g/mol. The molecule has 4 N–H and O–H groups in total. The number of ether oxygens (including phenoxy) is 4. The molecule has 378 valence electrons. The summed E-state index contributed by atoms with van der Waals surface area (Å²) in [5.74, 6) is -0.320. The molecule has 0 bridgehead atoms. The second-order valence-corrected chi connectivity index (χ2v) is 18.3. The molecule has 0 saturated carbocycles. The van der Waals surface area contributed by atoms with Crippen molar-refractivity contribution in [2.45, 2.75) is 263 Å². The van der Waals surface area contributed by atoms with Crippen molar-refractivity contribution in [3.05, 3.63) is 60.8 Å². The molecule has 0 aromatic rings. The number of aliphatic hydroxyl groups excluding tert-OH is 4. The third-order valence-electron chi connectivity index (χ3n) is 12.2. The lowest BCUT2D eigenvalue weighted by Crippen LogP contribution is -2.59. The summed E-state index contributed by atoms with van der Waals surface area (Å²) in [6, 6.07) is 0. The molecule has 0 amide bonds. The molecule has 0 spiro atoms. The van der Waals surface area contributed by atoms with Gasteiger partial charge in [-0.15, -0.1) is 0 Å². The Morgan fingerprint density at radius 2 is 0.938 bits per heavy atom. The zero-order valence-corrected chi connectivity index (χ0v) is 41.7. The molecule has 0 aromatic heterocycles. The van der Waals surface area contributed by atoms with E-state index in [-0.39, 0.29) is 19.2 Å². The fourth-order valence-electron chi connectivity index (χ4n) is 8.05. The fourth-order valence-corrected chi connectivity index (χ4v) is 8.05. The minimum absolute atomic E-state index is 0.124. The van der Waals surface area contributed by atoms with E-state index in [1.54, 1.807) is 0 Å². The van der Waals surface area contributed by atoms with Crippen molar-refractivity contribution < 1.29 is 44.2 Å². The Bertz CT molecular complexity index is 1180. The van der Waals surface area contributed by atoms with E-state index in [2.05, 4.69) is 74.6 Å². The Morgan fingerprint density at radius 1 is 0.508 bits per heavy atom. The molecular weight excluding hydrogens is 817 g/mol. The van der Waals surface area contributed by atoms with Gasteiger partial charge in [-0.3, -0.25) is 4.79 Å². The van der Waals surface area contributed by atoms with Crippen molar-refractivity contribution in [3.63, 3.8) is 0 Å². The summed E-state index contributed by atoms with van der Waals surface area (Å²) >= 11 is 0. The van der Waals surface area contributed by atoms with E-state index in [9.17, 15) is 25.2 Å². The summed E-state index contributed by atoms with van der Waals surface area (Å²) in [5.41, 5.74) is 0. The minimum Gasteiger partial charge on any atom is -0.457 e. The van der Waals surface area contributed by atoms with Gasteiger partial charge in [-0.05, 0) is 57.8 Å². The third-order valence-corrected chi connectivity index (χ3v) is 12.2. The summed E-state index contributed by atoms with van der Waals surface area (Å²) in [6.45, 7) is 4.41. The van der Waals surface area contributed by atoms with Crippen LogP contribution in [0.4, 0.5) is 0 Å². The number of aliphatic hydroxyl groups is 4. The smallest absolute Gasteiger partial charge is 0.306 e. The molecular formula is C56H100O9. The Morgan fingerprint density at radius 3 is 1.42 bits per heavy atom. The van der Waals surface area contributed by atoms with Crippen molar-refractivity contribution in [1.82, 2.24) is 0 Å². The van der Waals surface area contributed by atoms with Crippen LogP contribution in [0.1, 0.15) is 226 Å². The Balaban J connectivity index is 2.20. The third kappa shape index (κ3) is 37.5. The average Bonchev–Trinajstić information content (AvgIpc) is 3.31. The summed E-state index contributed by atoms with van der Waals surface area (Å²) in [7, 11) is 0. The lowest BCUT2D eigenvalue weighted by atomic mass is 9.99. The van der Waals surface area contributed by atoms with Crippen LogP contribution >= 0.6 is 0 Å². The number of unbranched alkanes of at least 4 members (excludes halogenated alkanes) is 25. The SMILES string of the molecule is CC/C=C\C/C=C\C/C=C\C/C=C\C/C=C\CCCCCCOCC(COC1OC(CO)C(O)C(O)C1O)OC(=O)CCCCCCCCCCCCCCCCCCCCCCCC. The molecule has 1 rings (SSSR count). The minimum atomic E-state index is -1.54. The zero-order valence-electron chi connectivity index (χ0n) is 41.7. The molecule has 0 aliphatic carbocycles. The lowest BCUT2D eigenvalue weighted by Gasteiger charge is -2.39. The highest BCUT2D eigenvalue weighted by atomic mass is 16.7. The van der Waals surface area contributed by atoms with Crippen LogP contribution in [0.25, 0.3) is 0 Å². The molecule has 0 radical (unpaired) electrons. The van der Waals surface area contributed by atoms with Crippen molar-refractivity contribution in [1.29, 1.82) is 0 Å². The van der Waals surface area contributed by atoms with Crippen LogP contribution in [0.3, 0.4) is 0 Å². The highest BCUT2D eigenvalue weighted by Gasteiger charge is 2.44. The van der Waals surface area contributed by atoms with E-state index < -0.39 is 43.4 Å². The van der Waals surface area contributed by atoms with Crippen LogP contribution in [0.15, 0.2) is 60.8 Å². The molecule has 6 atom stereocenters. The first-order valence-corrected chi connectivity index (χ1v) is 26.9. The monoisotopic (exact) mass is 917 g/mol. The number of rotatable bonds is 46. The predicted octanol–water partition coefficient (Wildman–Crippen LogP) is 13.4. The molecule has 1 aliphatic heterocycles. The summed E-state index contributed by atoms with van der Waals surface area (Å²) < 4.78 is 22.9. The molecule has 6 unspecified atom stereocenters. The molecule has 1 saturated heterocycles. The first-order chi connectivity index (χ1) is 31.9. The van der Waals surface area contributed by atoms with Gasteiger partial charge in [0.2, 0.25) is 0 Å². The normalized spacial score (nSPS) is 19.9. The second-order valence-electron chi connectivity index (χ2n) is 18.3. The van der Waals surface area contributed by atoms with Gasteiger partial charge in [0.05, 0.1) is 19.8 Å². The van der Waals surface area contributed by atoms with Crippen molar-refractivity contribution in [3.8, 4) is 0 Å². The van der Waals surface area contributed by atoms with E-state index in [1.807, 2.05) is 0 Å². The van der Waals surface area contributed by atoms with Crippen LogP contribution in [0, 0.1) is 0 Å². The van der Waals surface area contributed by atoms with Crippen LogP contribution < -0.4 is 0 Å². The molecule has 1 aliphatic rings. The maximum absolute atomic E-state index is 12.9. The number of hydrogen-bond acceptors (Lipinski definition) is 9. The van der Waals surface area contributed by atoms with Gasteiger partial charge in [-0.2, -0.15) is 0 Å². The zero-order chi connectivity index (χ0) is 47.1. The molecule has 0 aromatic carbocycles. The highest BCUT2D eigenvalue weighted by molar-refractivity contribution is 5.69. The van der Waals surface area contributed by atoms with E-state index >= 15 is 0 Å². The summed E-state index contributed by atoms with van der Waals surface area (Å²) in [5, 5.41) is 40.3. The van der Waals surface area contributed by atoms with Gasteiger partial charge in [0.25, 0.3) is 0 Å². The van der Waals surface area contributed by atoms with Gasteiger partial charge >= 0.3 is 5.97 Å². The number of carbonyl (C=O) groups excluding carboxylic acids is 1. The van der Waals surface area contributed by atoms with Crippen LogP contribution in [-0.4, -0.2) is 89.6 Å². The van der Waals surface area contributed by atoms with Gasteiger partial charge in [-0.25, -0.2) is 0 Å². The Kier molecular flexibility index (Phi) is 44.0. The van der Waals surface area contributed by atoms with Crippen LogP contribution in [0.5, 0.6) is 0 Å². The predicted molar refractivity (Wildman–Crippen MR) is 270 cm³/mol. The summed E-state index contributed by atoms with van der Waals surface area (Å²) in [6.07, 6.45) is 54.0. The number of hydrogen-bond donors (Lipinski definition) is 4. The maximum Gasteiger partial charge on any atom is 0.306 e. The Labute approximate surface area is 398 Å². The van der Waals surface area contributed by atoms with Crippen LogP contribution in [0.2, 0.25) is 0 Å². The molecule has 1 fully saturated rings. The first kappa shape index (κ1) is 60.9. The topological polar surface area (TPSA) is 135 Å². The quantitative estimate of drug-likeness (QED) is 0.0267. The molecule has 1 heterocycles. The fraction of sp³-hybridized carbons (Fsp3) is 0.804. The van der Waals surface area contributed by atoms with E-state index in [0.29, 0.717) is 13.0 Å². The second kappa shape index (κ2) is 47.0. The molecule has 65 heavy (non-hydrogen) atoms. The number of esters is 1. The lowest BCUT2D eigenvalue weighted by molar-refractivity contribution is -0.305. The summed E-state index contributed by atoms with van der Waals surface area (Å²) in [4.78, 5) is 12.9. The first-order valence-electron chi connectivity index (χ1n) is 26.9. The standard InChI is InChI=1S/C56H100O9/c1-3-5-7-9-11-13-15-17-19-21-23-25-26-27-29-31-33-35-37-39-41-43-45-52(58)64-50(49-63-56-55(61)54(60)53(59)51(47-57)65-56)48-62-46-44-42-40-38-36-34-32-30-28-24-22-20-18-16-14-12-10-8-6-4-2/h6,8,12,14,18,20,24,28,32,34,50-51,53-57,59-61H,3-5,7,9-11,13,15-17,19,21-23,25-27,29-31,33,35-49H2,1-2H3/b8-6-,14-12-,20-18-,28-24-,34-32-. The largest absolute Gasteiger partial charge is 0.457 e.